The Morgan fingerprint density at radius 1 is 1.28 bits per heavy atom. The maximum atomic E-state index is 5.83. The van der Waals surface area contributed by atoms with Crippen molar-refractivity contribution in [1.29, 1.82) is 0 Å². The number of benzene rings is 1. The number of aryl methyl sites for hydroxylation is 1. The Labute approximate surface area is 107 Å². The smallest absolute Gasteiger partial charge is 0.114 e. The zero-order valence-corrected chi connectivity index (χ0v) is 10.7. The van der Waals surface area contributed by atoms with E-state index in [1.165, 1.54) is 11.1 Å². The average molecular weight is 241 g/mol. The van der Waals surface area contributed by atoms with Gasteiger partial charge in [-0.2, -0.15) is 0 Å². The van der Waals surface area contributed by atoms with Gasteiger partial charge in [0.2, 0.25) is 0 Å². The first-order valence-electron chi connectivity index (χ1n) is 6.62. The van der Waals surface area contributed by atoms with E-state index in [0.29, 0.717) is 6.54 Å². The maximum Gasteiger partial charge on any atom is 0.114 e. The van der Waals surface area contributed by atoms with Crippen molar-refractivity contribution in [2.75, 3.05) is 6.54 Å². The summed E-state index contributed by atoms with van der Waals surface area (Å²) in [6.45, 7) is 2.86. The fourth-order valence-electron chi connectivity index (χ4n) is 2.35. The van der Waals surface area contributed by atoms with Crippen molar-refractivity contribution in [3.05, 3.63) is 41.9 Å². The number of nitrogens with two attached hydrogens (primary N) is 1. The molecule has 18 heavy (non-hydrogen) atoms. The first kappa shape index (κ1) is 11.5. The van der Waals surface area contributed by atoms with Gasteiger partial charge in [0.05, 0.1) is 11.9 Å². The third kappa shape index (κ3) is 1.85. The molecule has 1 heterocycles. The van der Waals surface area contributed by atoms with Gasteiger partial charge in [-0.3, -0.25) is 0 Å². The molecule has 1 fully saturated rings. The Kier molecular flexibility index (Phi) is 2.71. The molecule has 1 saturated carbocycles. The van der Waals surface area contributed by atoms with E-state index >= 15 is 0 Å². The van der Waals surface area contributed by atoms with E-state index in [2.05, 4.69) is 41.2 Å². The number of imidazole rings is 1. The second-order valence-electron chi connectivity index (χ2n) is 5.18. The molecular formula is C15H19N3. The summed E-state index contributed by atoms with van der Waals surface area (Å²) in [5.41, 5.74) is 9.61. The highest BCUT2D eigenvalue weighted by Gasteiger charge is 2.45. The summed E-state index contributed by atoms with van der Waals surface area (Å²) in [5, 5.41) is 0. The van der Waals surface area contributed by atoms with Crippen LogP contribution in [0.15, 0.2) is 30.5 Å². The van der Waals surface area contributed by atoms with Crippen LogP contribution in [-0.2, 0) is 11.8 Å². The third-order valence-electron chi connectivity index (χ3n) is 4.00. The average Bonchev–Trinajstić information content (AvgIpc) is 3.08. The molecule has 0 radical (unpaired) electrons. The molecule has 0 amide bonds. The first-order valence-corrected chi connectivity index (χ1v) is 6.62. The Bertz CT molecular complexity index is 535. The minimum atomic E-state index is 0.140. The van der Waals surface area contributed by atoms with E-state index in [1.54, 1.807) is 0 Å². The summed E-state index contributed by atoms with van der Waals surface area (Å²) >= 11 is 0. The fraction of sp³-hybridized carbons (Fsp3) is 0.400. The molecule has 0 aliphatic heterocycles. The van der Waals surface area contributed by atoms with Crippen molar-refractivity contribution in [2.24, 2.45) is 5.73 Å². The van der Waals surface area contributed by atoms with Crippen LogP contribution < -0.4 is 5.73 Å². The van der Waals surface area contributed by atoms with Crippen molar-refractivity contribution >= 4 is 0 Å². The number of aromatic nitrogens is 2. The molecular weight excluding hydrogens is 222 g/mol. The zero-order chi connectivity index (χ0) is 12.6. The second kappa shape index (κ2) is 4.25. The highest BCUT2D eigenvalue weighted by Crippen LogP contribution is 2.46. The van der Waals surface area contributed by atoms with E-state index in [9.17, 15) is 0 Å². The molecule has 3 N–H and O–H groups in total. The summed E-state index contributed by atoms with van der Waals surface area (Å²) in [6.07, 6.45) is 5.31. The SMILES string of the molecule is CCc1ccc(-c2cnc(C3(CN)CC3)[nH]2)cc1. The lowest BCUT2D eigenvalue weighted by Crippen LogP contribution is -2.21. The lowest BCUT2D eigenvalue weighted by Gasteiger charge is -2.07. The summed E-state index contributed by atoms with van der Waals surface area (Å²) in [6, 6.07) is 8.65. The molecule has 0 spiro atoms. The lowest BCUT2D eigenvalue weighted by atomic mass is 10.1. The highest BCUT2D eigenvalue weighted by molar-refractivity contribution is 5.59. The Balaban J connectivity index is 1.88. The Morgan fingerprint density at radius 2 is 2.00 bits per heavy atom. The molecule has 0 bridgehead atoms. The molecule has 0 saturated heterocycles. The molecule has 94 valence electrons. The van der Waals surface area contributed by atoms with Gasteiger partial charge in [-0.05, 0) is 30.4 Å². The summed E-state index contributed by atoms with van der Waals surface area (Å²) in [4.78, 5) is 7.93. The van der Waals surface area contributed by atoms with Crippen molar-refractivity contribution < 1.29 is 0 Å². The summed E-state index contributed by atoms with van der Waals surface area (Å²) in [7, 11) is 0. The van der Waals surface area contributed by atoms with E-state index in [4.69, 9.17) is 5.73 Å². The molecule has 0 unspecified atom stereocenters. The summed E-state index contributed by atoms with van der Waals surface area (Å²) < 4.78 is 0. The molecule has 2 aromatic rings. The van der Waals surface area contributed by atoms with Gasteiger partial charge in [-0.15, -0.1) is 0 Å². The molecule has 1 aromatic heterocycles. The van der Waals surface area contributed by atoms with Gasteiger partial charge in [0.1, 0.15) is 5.82 Å². The molecule has 3 nitrogen and oxygen atoms in total. The van der Waals surface area contributed by atoms with Gasteiger partial charge >= 0.3 is 0 Å². The van der Waals surface area contributed by atoms with Crippen LogP contribution in [0.1, 0.15) is 31.2 Å². The molecule has 3 rings (SSSR count). The first-order chi connectivity index (χ1) is 8.77. The van der Waals surface area contributed by atoms with Crippen LogP contribution in [0, 0.1) is 0 Å². The van der Waals surface area contributed by atoms with Crippen molar-refractivity contribution in [1.82, 2.24) is 9.97 Å². The van der Waals surface area contributed by atoms with Crippen LogP contribution in [-0.4, -0.2) is 16.5 Å². The predicted molar refractivity (Wildman–Crippen MR) is 73.4 cm³/mol. The Morgan fingerprint density at radius 3 is 2.56 bits per heavy atom. The van der Waals surface area contributed by atoms with Gasteiger partial charge in [-0.25, -0.2) is 4.98 Å². The normalized spacial score (nSPS) is 16.8. The number of nitrogens with one attached hydrogen (secondary N) is 1. The predicted octanol–water partition coefficient (Wildman–Crippen LogP) is 2.63. The monoisotopic (exact) mass is 241 g/mol. The number of hydrogen-bond acceptors (Lipinski definition) is 2. The van der Waals surface area contributed by atoms with E-state index < -0.39 is 0 Å². The van der Waals surface area contributed by atoms with Gasteiger partial charge in [0.25, 0.3) is 0 Å². The molecule has 3 heteroatoms. The van der Waals surface area contributed by atoms with Gasteiger partial charge < -0.3 is 10.7 Å². The van der Waals surface area contributed by atoms with Crippen molar-refractivity contribution in [3.8, 4) is 11.3 Å². The van der Waals surface area contributed by atoms with Crippen LogP contribution in [0.4, 0.5) is 0 Å². The number of H-pyrrole nitrogens is 1. The minimum absolute atomic E-state index is 0.140. The highest BCUT2D eigenvalue weighted by atomic mass is 15.0. The number of rotatable bonds is 4. The largest absolute Gasteiger partial charge is 0.342 e. The lowest BCUT2D eigenvalue weighted by molar-refractivity contribution is 0.659. The van der Waals surface area contributed by atoms with Crippen molar-refractivity contribution in [2.45, 2.75) is 31.6 Å². The molecule has 1 aliphatic rings. The van der Waals surface area contributed by atoms with Crippen LogP contribution in [0.5, 0.6) is 0 Å². The zero-order valence-electron chi connectivity index (χ0n) is 10.7. The second-order valence-corrected chi connectivity index (χ2v) is 5.18. The Hall–Kier alpha value is -1.61. The van der Waals surface area contributed by atoms with Crippen LogP contribution in [0.2, 0.25) is 0 Å². The number of aromatic amines is 1. The molecule has 0 atom stereocenters. The van der Waals surface area contributed by atoms with E-state index in [0.717, 1.165) is 30.8 Å². The van der Waals surface area contributed by atoms with Crippen LogP contribution >= 0.6 is 0 Å². The third-order valence-corrected chi connectivity index (χ3v) is 4.00. The van der Waals surface area contributed by atoms with Crippen LogP contribution in [0.3, 0.4) is 0 Å². The van der Waals surface area contributed by atoms with Gasteiger partial charge in [0.15, 0.2) is 0 Å². The van der Waals surface area contributed by atoms with Crippen molar-refractivity contribution in [3.63, 3.8) is 0 Å². The van der Waals surface area contributed by atoms with E-state index in [-0.39, 0.29) is 5.41 Å². The van der Waals surface area contributed by atoms with E-state index in [1.807, 2.05) is 6.20 Å². The molecule has 1 aliphatic carbocycles. The standard InChI is InChI=1S/C15H19N3/c1-2-11-3-5-12(6-4-11)13-9-17-14(18-13)15(10-16)7-8-15/h3-6,9H,2,7-8,10,16H2,1H3,(H,17,18). The summed E-state index contributed by atoms with van der Waals surface area (Å²) in [5.74, 6) is 1.06. The van der Waals surface area contributed by atoms with Gasteiger partial charge in [0, 0.05) is 12.0 Å². The maximum absolute atomic E-state index is 5.83. The van der Waals surface area contributed by atoms with Crippen LogP contribution in [0.25, 0.3) is 11.3 Å². The topological polar surface area (TPSA) is 54.7 Å². The minimum Gasteiger partial charge on any atom is -0.342 e. The molecule has 1 aromatic carbocycles. The quantitative estimate of drug-likeness (QED) is 0.864. The van der Waals surface area contributed by atoms with Gasteiger partial charge in [-0.1, -0.05) is 31.2 Å². The number of nitrogens with zero attached hydrogens (tertiary/aromatic N) is 1. The number of hydrogen-bond donors (Lipinski definition) is 2. The fourth-order valence-corrected chi connectivity index (χ4v) is 2.35.